The molecule has 0 aliphatic heterocycles. The van der Waals surface area contributed by atoms with Crippen molar-refractivity contribution >= 4 is 0 Å². The smallest absolute Gasteiger partial charge is 0.0157 e. The molecule has 0 atom stereocenters. The first kappa shape index (κ1) is 5.36. The maximum absolute atomic E-state index is 3.71. The molecule has 1 aliphatic rings. The van der Waals surface area contributed by atoms with Gasteiger partial charge in [0.25, 0.3) is 0 Å². The Kier molecular flexibility index (Phi) is 1.34. The van der Waals surface area contributed by atoms with Gasteiger partial charge >= 0.3 is 0 Å². The molecule has 0 spiro atoms. The van der Waals surface area contributed by atoms with Crippen LogP contribution >= 0.6 is 0 Å². The average molecular weight is 105 g/mol. The van der Waals surface area contributed by atoms with E-state index in [0.29, 0.717) is 0 Å². The third-order valence-corrected chi connectivity index (χ3v) is 1.18. The summed E-state index contributed by atoms with van der Waals surface area (Å²) in [6.07, 6.45) is 7.32. The third-order valence-electron chi connectivity index (χ3n) is 1.18. The molecule has 0 heterocycles. The van der Waals surface area contributed by atoms with Crippen LogP contribution in [0.1, 0.15) is 6.42 Å². The molecular formula is C8H9. The second kappa shape index (κ2) is 1.99. The van der Waals surface area contributed by atoms with Crippen molar-refractivity contribution in [3.05, 3.63) is 42.9 Å². The highest BCUT2D eigenvalue weighted by atomic mass is 14.0. The van der Waals surface area contributed by atoms with Crippen LogP contribution in [0.3, 0.4) is 0 Å². The average Bonchev–Trinajstić information content (AvgIpc) is 2.12. The fraction of sp³-hybridized carbons (Fsp3) is 0.125. The number of allylic oxidation sites excluding steroid dienone is 5. The van der Waals surface area contributed by atoms with Gasteiger partial charge in [0.1, 0.15) is 0 Å². The summed E-state index contributed by atoms with van der Waals surface area (Å²) in [5.74, 6) is 0. The van der Waals surface area contributed by atoms with Crippen LogP contribution in [0, 0.1) is 6.92 Å². The zero-order valence-corrected chi connectivity index (χ0v) is 4.85. The quantitative estimate of drug-likeness (QED) is 0.480. The summed E-state index contributed by atoms with van der Waals surface area (Å²) in [6, 6.07) is 0. The second-order valence-corrected chi connectivity index (χ2v) is 1.90. The lowest BCUT2D eigenvalue weighted by atomic mass is 10.1. The Morgan fingerprint density at radius 3 is 2.62 bits per heavy atom. The zero-order valence-electron chi connectivity index (χ0n) is 4.85. The van der Waals surface area contributed by atoms with E-state index in [-0.39, 0.29) is 0 Å². The van der Waals surface area contributed by atoms with Gasteiger partial charge in [-0.1, -0.05) is 24.8 Å². The molecule has 1 aliphatic carbocycles. The van der Waals surface area contributed by atoms with Crippen LogP contribution in [0.25, 0.3) is 0 Å². The highest BCUT2D eigenvalue weighted by molar-refractivity contribution is 5.43. The third kappa shape index (κ3) is 0.890. The summed E-state index contributed by atoms with van der Waals surface area (Å²) in [7, 11) is 0. The maximum Gasteiger partial charge on any atom is -0.0157 e. The molecule has 0 fully saturated rings. The lowest BCUT2D eigenvalue weighted by Crippen LogP contribution is -1.72. The fourth-order valence-electron chi connectivity index (χ4n) is 0.720. The molecule has 1 radical (unpaired) electrons. The summed E-state index contributed by atoms with van der Waals surface area (Å²) in [6.45, 7) is 7.41. The second-order valence-electron chi connectivity index (χ2n) is 1.90. The molecule has 8 heavy (non-hydrogen) atoms. The van der Waals surface area contributed by atoms with E-state index < -0.39 is 0 Å². The summed E-state index contributed by atoms with van der Waals surface area (Å²) in [5, 5.41) is 0. The van der Waals surface area contributed by atoms with E-state index in [4.69, 9.17) is 0 Å². The first-order chi connectivity index (χ1) is 3.80. The van der Waals surface area contributed by atoms with Crippen LogP contribution in [0.15, 0.2) is 36.0 Å². The van der Waals surface area contributed by atoms with E-state index in [9.17, 15) is 0 Å². The predicted molar refractivity (Wildman–Crippen MR) is 36.3 cm³/mol. The summed E-state index contributed by atoms with van der Waals surface area (Å²) < 4.78 is 0. The van der Waals surface area contributed by atoms with Gasteiger partial charge in [-0.15, -0.1) is 0 Å². The molecule has 0 amide bonds. The topological polar surface area (TPSA) is 0 Å². The van der Waals surface area contributed by atoms with E-state index in [2.05, 4.69) is 31.7 Å². The highest BCUT2D eigenvalue weighted by Crippen LogP contribution is 2.14. The normalized spacial score (nSPS) is 16.4. The van der Waals surface area contributed by atoms with Gasteiger partial charge in [0.05, 0.1) is 0 Å². The van der Waals surface area contributed by atoms with Crippen LogP contribution in [-0.4, -0.2) is 0 Å². The van der Waals surface area contributed by atoms with E-state index in [1.807, 2.05) is 0 Å². The van der Waals surface area contributed by atoms with Crippen molar-refractivity contribution in [3.8, 4) is 0 Å². The first-order valence-electron chi connectivity index (χ1n) is 2.68. The molecule has 0 saturated carbocycles. The van der Waals surface area contributed by atoms with E-state index in [0.717, 1.165) is 12.0 Å². The minimum Gasteiger partial charge on any atom is -0.0952 e. The largest absolute Gasteiger partial charge is 0.0952 e. The van der Waals surface area contributed by atoms with Crippen LogP contribution in [-0.2, 0) is 0 Å². The summed E-state index contributed by atoms with van der Waals surface area (Å²) in [4.78, 5) is 0. The number of hydrogen-bond acceptors (Lipinski definition) is 0. The Bertz CT molecular complexity index is 159. The monoisotopic (exact) mass is 105 g/mol. The van der Waals surface area contributed by atoms with Gasteiger partial charge in [-0.25, -0.2) is 0 Å². The molecule has 0 N–H and O–H groups in total. The molecule has 0 heteroatoms. The van der Waals surface area contributed by atoms with Crippen molar-refractivity contribution < 1.29 is 0 Å². The van der Waals surface area contributed by atoms with E-state index in [1.165, 1.54) is 5.57 Å². The maximum atomic E-state index is 3.71. The van der Waals surface area contributed by atoms with Crippen LogP contribution in [0.2, 0.25) is 0 Å². The van der Waals surface area contributed by atoms with Crippen molar-refractivity contribution in [3.63, 3.8) is 0 Å². The van der Waals surface area contributed by atoms with Crippen molar-refractivity contribution in [2.75, 3.05) is 0 Å². The number of rotatable bonds is 1. The zero-order chi connectivity index (χ0) is 5.98. The van der Waals surface area contributed by atoms with Crippen molar-refractivity contribution in [1.82, 2.24) is 0 Å². The molecule has 0 aromatic heterocycles. The SMILES string of the molecule is [CH2]C(=C)C1=CCC=C1. The first-order valence-corrected chi connectivity index (χ1v) is 2.68. The Morgan fingerprint density at radius 1 is 1.62 bits per heavy atom. The standard InChI is InChI=1S/C8H9/c1-7(2)8-5-3-4-6-8/h3,5-6H,1-2,4H2. The summed E-state index contributed by atoms with van der Waals surface area (Å²) in [5.41, 5.74) is 2.10. The molecule has 0 bridgehead atoms. The lowest BCUT2D eigenvalue weighted by Gasteiger charge is -1.91. The lowest BCUT2D eigenvalue weighted by molar-refractivity contribution is 1.43. The van der Waals surface area contributed by atoms with E-state index >= 15 is 0 Å². The molecule has 0 unspecified atom stereocenters. The van der Waals surface area contributed by atoms with Gasteiger partial charge in [0, 0.05) is 0 Å². The minimum absolute atomic E-state index is 0.916. The van der Waals surface area contributed by atoms with Crippen LogP contribution < -0.4 is 0 Å². The molecule has 1 rings (SSSR count). The Labute approximate surface area is 50.2 Å². The van der Waals surface area contributed by atoms with Gasteiger partial charge < -0.3 is 0 Å². The molecule has 0 saturated heterocycles. The van der Waals surface area contributed by atoms with Gasteiger partial charge in [-0.2, -0.15) is 0 Å². The molecular weight excluding hydrogens is 96.1 g/mol. The Balaban J connectivity index is 2.72. The van der Waals surface area contributed by atoms with E-state index in [1.54, 1.807) is 0 Å². The molecule has 0 aromatic carbocycles. The summed E-state index contributed by atoms with van der Waals surface area (Å²) >= 11 is 0. The van der Waals surface area contributed by atoms with Crippen molar-refractivity contribution in [2.24, 2.45) is 0 Å². The van der Waals surface area contributed by atoms with Crippen LogP contribution in [0.5, 0.6) is 0 Å². The Morgan fingerprint density at radius 2 is 2.38 bits per heavy atom. The number of hydrogen-bond donors (Lipinski definition) is 0. The van der Waals surface area contributed by atoms with Gasteiger partial charge in [0.2, 0.25) is 0 Å². The predicted octanol–water partition coefficient (Wildman–Crippen LogP) is 2.26. The fourth-order valence-corrected chi connectivity index (χ4v) is 0.720. The van der Waals surface area contributed by atoms with Gasteiger partial charge in [-0.3, -0.25) is 0 Å². The molecule has 41 valence electrons. The molecule has 0 aromatic rings. The Hall–Kier alpha value is -0.780. The van der Waals surface area contributed by atoms with Crippen LogP contribution in [0.4, 0.5) is 0 Å². The van der Waals surface area contributed by atoms with Crippen molar-refractivity contribution in [2.45, 2.75) is 6.42 Å². The minimum atomic E-state index is 0.916. The molecule has 0 nitrogen and oxygen atoms in total. The van der Waals surface area contributed by atoms with Gasteiger partial charge in [-0.05, 0) is 24.5 Å². The highest BCUT2D eigenvalue weighted by Gasteiger charge is 1.94. The van der Waals surface area contributed by atoms with Gasteiger partial charge in [0.15, 0.2) is 0 Å². The van der Waals surface area contributed by atoms with Crippen molar-refractivity contribution in [1.29, 1.82) is 0 Å².